The lowest BCUT2D eigenvalue weighted by molar-refractivity contribution is -0.138. The highest BCUT2D eigenvalue weighted by atomic mass is 31.0. The number of hydrogen-bond donors (Lipinski definition) is 1. The fraction of sp³-hybridized carbons (Fsp3) is 0.650. The molecule has 1 atom stereocenters. The van der Waals surface area contributed by atoms with Crippen LogP contribution in [0.5, 0.6) is 0 Å². The van der Waals surface area contributed by atoms with Crippen molar-refractivity contribution in [1.82, 2.24) is 0 Å². The van der Waals surface area contributed by atoms with Gasteiger partial charge in [-0.15, -0.1) is 0 Å². The van der Waals surface area contributed by atoms with Crippen molar-refractivity contribution in [1.29, 1.82) is 0 Å². The van der Waals surface area contributed by atoms with E-state index in [2.05, 4.69) is 4.90 Å². The standard InChI is InChI=1S/C20H28F2NO2P/c1-14-10-16(20(21,22)26)13-17(11-14)23-8-6-19(7-9-23)4-2-15(3-5-19)12-18(24)25/h10-11,13,15H,2-9,12,26H2,1H3,(H,24,25). The maximum atomic E-state index is 13.7. The van der Waals surface area contributed by atoms with E-state index in [1.165, 1.54) is 0 Å². The minimum Gasteiger partial charge on any atom is -0.481 e. The van der Waals surface area contributed by atoms with Crippen molar-refractivity contribution in [2.75, 3.05) is 18.0 Å². The van der Waals surface area contributed by atoms with Gasteiger partial charge in [-0.05, 0) is 80.5 Å². The molecule has 3 nitrogen and oxygen atoms in total. The van der Waals surface area contributed by atoms with E-state index in [1.807, 2.05) is 13.0 Å². The molecule has 2 aliphatic rings. The number of rotatable bonds is 4. The molecule has 1 aromatic carbocycles. The van der Waals surface area contributed by atoms with Gasteiger partial charge >= 0.3 is 5.97 Å². The van der Waals surface area contributed by atoms with Gasteiger partial charge in [0.05, 0.1) is 0 Å². The van der Waals surface area contributed by atoms with E-state index in [-0.39, 0.29) is 12.0 Å². The monoisotopic (exact) mass is 383 g/mol. The van der Waals surface area contributed by atoms with Crippen LogP contribution in [0.4, 0.5) is 14.5 Å². The first kappa shape index (κ1) is 19.5. The van der Waals surface area contributed by atoms with Crippen LogP contribution in [0.2, 0.25) is 0 Å². The number of aliphatic carboxylic acids is 1. The second-order valence-electron chi connectivity index (χ2n) is 8.21. The summed E-state index contributed by atoms with van der Waals surface area (Å²) in [6.07, 6.45) is 6.61. The Hall–Kier alpha value is -1.22. The Morgan fingerprint density at radius 2 is 1.85 bits per heavy atom. The molecule has 1 saturated heterocycles. The van der Waals surface area contributed by atoms with Gasteiger partial charge in [-0.1, -0.05) is 9.24 Å². The molecule has 1 aromatic rings. The van der Waals surface area contributed by atoms with E-state index in [4.69, 9.17) is 5.11 Å². The smallest absolute Gasteiger partial charge is 0.303 e. The molecule has 0 bridgehead atoms. The predicted octanol–water partition coefficient (Wildman–Crippen LogP) is 5.17. The Labute approximate surface area is 156 Å². The lowest BCUT2D eigenvalue weighted by Gasteiger charge is -2.46. The Morgan fingerprint density at radius 1 is 1.23 bits per heavy atom. The van der Waals surface area contributed by atoms with Crippen LogP contribution < -0.4 is 4.90 Å². The number of alkyl halides is 2. The number of nitrogens with zero attached hydrogens (tertiary/aromatic N) is 1. The van der Waals surface area contributed by atoms with E-state index in [0.717, 1.165) is 62.9 Å². The average Bonchev–Trinajstić information content (AvgIpc) is 2.56. The number of aryl methyl sites for hydroxylation is 1. The minimum absolute atomic E-state index is 0.0481. The molecule has 0 amide bonds. The molecule has 1 unspecified atom stereocenters. The summed E-state index contributed by atoms with van der Waals surface area (Å²) in [5.41, 5.74) is -0.791. The summed E-state index contributed by atoms with van der Waals surface area (Å²) in [4.78, 5) is 13.1. The van der Waals surface area contributed by atoms with Gasteiger partial charge in [-0.25, -0.2) is 0 Å². The predicted molar refractivity (Wildman–Crippen MR) is 103 cm³/mol. The van der Waals surface area contributed by atoms with Crippen LogP contribution in [-0.4, -0.2) is 24.2 Å². The van der Waals surface area contributed by atoms with Gasteiger partial charge in [0.25, 0.3) is 5.66 Å². The molecule has 1 heterocycles. The van der Waals surface area contributed by atoms with Gasteiger partial charge in [-0.3, -0.25) is 4.79 Å². The van der Waals surface area contributed by atoms with Crippen molar-refractivity contribution < 1.29 is 18.7 Å². The van der Waals surface area contributed by atoms with E-state index >= 15 is 0 Å². The first-order valence-corrected chi connectivity index (χ1v) is 10.0. The zero-order valence-electron chi connectivity index (χ0n) is 15.3. The summed E-state index contributed by atoms with van der Waals surface area (Å²) in [6, 6.07) is 5.15. The van der Waals surface area contributed by atoms with Crippen LogP contribution in [0.25, 0.3) is 0 Å². The van der Waals surface area contributed by atoms with E-state index < -0.39 is 11.6 Å². The van der Waals surface area contributed by atoms with Crippen LogP contribution in [0.3, 0.4) is 0 Å². The molecule has 1 aliphatic heterocycles. The quantitative estimate of drug-likeness (QED) is 0.729. The number of benzene rings is 1. The van der Waals surface area contributed by atoms with Crippen molar-refractivity contribution in [3.8, 4) is 0 Å². The number of anilines is 1. The largest absolute Gasteiger partial charge is 0.481 e. The van der Waals surface area contributed by atoms with Gasteiger partial charge in [0, 0.05) is 30.8 Å². The molecule has 3 rings (SSSR count). The van der Waals surface area contributed by atoms with Gasteiger partial charge in [0.1, 0.15) is 0 Å². The summed E-state index contributed by atoms with van der Waals surface area (Å²) >= 11 is 0. The normalized spacial score (nSPS) is 21.2. The number of hydrogen-bond acceptors (Lipinski definition) is 2. The summed E-state index contributed by atoms with van der Waals surface area (Å²) in [7, 11) is 1.62. The third-order valence-electron chi connectivity index (χ3n) is 6.27. The highest BCUT2D eigenvalue weighted by molar-refractivity contribution is 7.17. The third kappa shape index (κ3) is 4.54. The molecule has 1 spiro atoms. The lowest BCUT2D eigenvalue weighted by Crippen LogP contribution is -2.42. The van der Waals surface area contributed by atoms with Gasteiger partial charge < -0.3 is 10.0 Å². The Balaban J connectivity index is 1.63. The fourth-order valence-corrected chi connectivity index (χ4v) is 4.78. The molecule has 1 aliphatic carbocycles. The SMILES string of the molecule is Cc1cc(N2CCC3(CCC(CC(=O)O)CC3)CC2)cc(C(F)(F)P)c1. The first-order valence-electron chi connectivity index (χ1n) is 9.42. The van der Waals surface area contributed by atoms with Crippen LogP contribution in [0.15, 0.2) is 18.2 Å². The Morgan fingerprint density at radius 3 is 2.38 bits per heavy atom. The molecule has 144 valence electrons. The number of carboxylic acid groups (broad SMARTS) is 1. The zero-order chi connectivity index (χ0) is 18.9. The van der Waals surface area contributed by atoms with Crippen LogP contribution in [0.1, 0.15) is 56.1 Å². The highest BCUT2D eigenvalue weighted by Gasteiger charge is 2.38. The topological polar surface area (TPSA) is 40.5 Å². The molecule has 1 N–H and O–H groups in total. The number of piperidine rings is 1. The average molecular weight is 383 g/mol. The van der Waals surface area contributed by atoms with Crippen LogP contribution >= 0.6 is 9.24 Å². The molecule has 2 fully saturated rings. The molecule has 1 saturated carbocycles. The third-order valence-corrected chi connectivity index (χ3v) is 6.60. The lowest BCUT2D eigenvalue weighted by atomic mass is 9.65. The van der Waals surface area contributed by atoms with E-state index in [9.17, 15) is 13.6 Å². The van der Waals surface area contributed by atoms with Crippen LogP contribution in [0, 0.1) is 18.3 Å². The second-order valence-corrected chi connectivity index (χ2v) is 8.93. The summed E-state index contributed by atoms with van der Waals surface area (Å²) in [5, 5.41) is 8.97. The van der Waals surface area contributed by atoms with Gasteiger partial charge in [0.2, 0.25) is 0 Å². The highest BCUT2D eigenvalue weighted by Crippen LogP contribution is 2.47. The number of carbonyl (C=O) groups is 1. The number of carboxylic acids is 1. The molecule has 26 heavy (non-hydrogen) atoms. The zero-order valence-corrected chi connectivity index (χ0v) is 16.5. The van der Waals surface area contributed by atoms with Crippen molar-refractivity contribution in [2.24, 2.45) is 11.3 Å². The molecule has 6 heteroatoms. The molecule has 0 radical (unpaired) electrons. The summed E-state index contributed by atoms with van der Waals surface area (Å²) in [5.74, 6) is -0.373. The summed E-state index contributed by atoms with van der Waals surface area (Å²) in [6.45, 7) is 3.63. The molecular weight excluding hydrogens is 355 g/mol. The Bertz CT molecular complexity index is 656. The van der Waals surface area contributed by atoms with Gasteiger partial charge in [0.15, 0.2) is 0 Å². The molecule has 0 aromatic heterocycles. The van der Waals surface area contributed by atoms with Gasteiger partial charge in [-0.2, -0.15) is 8.78 Å². The Kier molecular flexibility index (Phi) is 5.58. The van der Waals surface area contributed by atoms with Crippen LogP contribution in [-0.2, 0) is 10.5 Å². The first-order chi connectivity index (χ1) is 12.2. The van der Waals surface area contributed by atoms with E-state index in [1.54, 1.807) is 21.4 Å². The fourth-order valence-electron chi connectivity index (χ4n) is 4.62. The second kappa shape index (κ2) is 7.42. The summed E-state index contributed by atoms with van der Waals surface area (Å²) < 4.78 is 27.4. The van der Waals surface area contributed by atoms with Crippen molar-refractivity contribution in [3.05, 3.63) is 29.3 Å². The van der Waals surface area contributed by atoms with Crippen molar-refractivity contribution >= 4 is 20.9 Å². The minimum atomic E-state index is -2.90. The number of halogens is 2. The maximum absolute atomic E-state index is 13.7. The molecular formula is C20H28F2NO2P. The maximum Gasteiger partial charge on any atom is 0.303 e. The van der Waals surface area contributed by atoms with E-state index in [0.29, 0.717) is 11.3 Å². The van der Waals surface area contributed by atoms with Crippen molar-refractivity contribution in [3.63, 3.8) is 0 Å². The van der Waals surface area contributed by atoms with Crippen molar-refractivity contribution in [2.45, 2.75) is 57.5 Å².